The molecule has 0 amide bonds. The monoisotopic (exact) mass is 577 g/mol. The maximum absolute atomic E-state index is 5.16. The van der Waals surface area contributed by atoms with Gasteiger partial charge >= 0.3 is 0 Å². The number of hydrogen-bond acceptors (Lipinski definition) is 3. The first-order chi connectivity index (χ1) is 22.0. The van der Waals surface area contributed by atoms with Crippen LogP contribution in [-0.4, -0.2) is 15.0 Å². The molecule has 3 nitrogen and oxygen atoms in total. The van der Waals surface area contributed by atoms with Crippen LogP contribution in [0.3, 0.4) is 0 Å². The highest BCUT2D eigenvalue weighted by Crippen LogP contribution is 2.49. The zero-order valence-corrected chi connectivity index (χ0v) is 25.3. The number of benzene rings is 6. The first-order valence-electron chi connectivity index (χ1n) is 15.4. The Balaban J connectivity index is 1.34. The van der Waals surface area contributed by atoms with E-state index in [2.05, 4.69) is 135 Å². The molecule has 6 aromatic carbocycles. The lowest BCUT2D eigenvalue weighted by molar-refractivity contribution is 0.660. The Morgan fingerprint density at radius 2 is 0.778 bits per heavy atom. The number of fused-ring (bicyclic) bond motifs is 3. The molecule has 8 rings (SSSR count). The van der Waals surface area contributed by atoms with Crippen LogP contribution in [0.1, 0.15) is 25.0 Å². The van der Waals surface area contributed by atoms with Gasteiger partial charge in [-0.3, -0.25) is 0 Å². The Kier molecular flexibility index (Phi) is 6.46. The van der Waals surface area contributed by atoms with E-state index in [9.17, 15) is 0 Å². The topological polar surface area (TPSA) is 38.7 Å². The lowest BCUT2D eigenvalue weighted by Gasteiger charge is -2.21. The molecule has 0 unspecified atom stereocenters. The van der Waals surface area contributed by atoms with Gasteiger partial charge in [0.15, 0.2) is 17.5 Å². The van der Waals surface area contributed by atoms with Gasteiger partial charge in [0.2, 0.25) is 0 Å². The summed E-state index contributed by atoms with van der Waals surface area (Å²) in [5.74, 6) is 1.97. The summed E-state index contributed by atoms with van der Waals surface area (Å²) in [6, 6.07) is 53.2. The molecule has 0 bridgehead atoms. The maximum atomic E-state index is 5.16. The number of rotatable bonds is 5. The van der Waals surface area contributed by atoms with Gasteiger partial charge in [-0.15, -0.1) is 0 Å². The summed E-state index contributed by atoms with van der Waals surface area (Å²) in [7, 11) is 0. The largest absolute Gasteiger partial charge is 0.208 e. The fourth-order valence-corrected chi connectivity index (χ4v) is 6.56. The van der Waals surface area contributed by atoms with Gasteiger partial charge in [-0.25, -0.2) is 15.0 Å². The van der Waals surface area contributed by atoms with E-state index in [4.69, 9.17) is 15.0 Å². The molecule has 1 aliphatic carbocycles. The van der Waals surface area contributed by atoms with Gasteiger partial charge in [0.1, 0.15) is 0 Å². The van der Waals surface area contributed by atoms with Gasteiger partial charge in [-0.1, -0.05) is 141 Å². The highest BCUT2D eigenvalue weighted by atomic mass is 15.0. The van der Waals surface area contributed by atoms with Crippen molar-refractivity contribution in [1.29, 1.82) is 0 Å². The first-order valence-corrected chi connectivity index (χ1v) is 15.4. The second kappa shape index (κ2) is 10.8. The highest BCUT2D eigenvalue weighted by Gasteiger charge is 2.35. The molecule has 0 fully saturated rings. The lowest BCUT2D eigenvalue weighted by atomic mass is 9.82. The minimum atomic E-state index is -0.0599. The van der Waals surface area contributed by atoms with Crippen molar-refractivity contribution in [2.24, 2.45) is 0 Å². The molecular weight excluding hydrogens is 546 g/mol. The highest BCUT2D eigenvalue weighted by molar-refractivity contribution is 5.84. The second-order valence-corrected chi connectivity index (χ2v) is 12.1. The Morgan fingerprint density at radius 3 is 1.38 bits per heavy atom. The molecule has 3 heteroatoms. The maximum Gasteiger partial charge on any atom is 0.164 e. The normalized spacial score (nSPS) is 12.8. The summed E-state index contributed by atoms with van der Waals surface area (Å²) in [6.07, 6.45) is 0. The third kappa shape index (κ3) is 4.83. The molecule has 1 heterocycles. The Morgan fingerprint density at radius 1 is 0.333 bits per heavy atom. The first kappa shape index (κ1) is 26.9. The van der Waals surface area contributed by atoms with Crippen molar-refractivity contribution in [3.05, 3.63) is 163 Å². The standard InChI is InChI=1S/C42H31N3/c1-42(2)37-21-13-12-20-35(37)36-27-31(22-23-38(36)42)40-43-39(30-18-10-5-11-19-30)44-41(45-40)34-25-32(28-14-6-3-7-15-28)24-33(26-34)29-16-8-4-9-17-29/h3-27H,1-2H3. The fraction of sp³-hybridized carbons (Fsp3) is 0.0714. The smallest absolute Gasteiger partial charge is 0.164 e. The summed E-state index contributed by atoms with van der Waals surface area (Å²) in [4.78, 5) is 15.3. The van der Waals surface area contributed by atoms with E-state index in [1.807, 2.05) is 30.3 Å². The van der Waals surface area contributed by atoms with Crippen molar-refractivity contribution >= 4 is 0 Å². The van der Waals surface area contributed by atoms with Crippen molar-refractivity contribution in [3.63, 3.8) is 0 Å². The molecule has 0 spiro atoms. The van der Waals surface area contributed by atoms with Gasteiger partial charge < -0.3 is 0 Å². The Hall–Kier alpha value is -5.67. The molecule has 0 saturated carbocycles. The Labute approximate surface area is 264 Å². The molecule has 0 radical (unpaired) electrons. The van der Waals surface area contributed by atoms with Crippen molar-refractivity contribution < 1.29 is 0 Å². The van der Waals surface area contributed by atoms with Crippen molar-refractivity contribution in [2.45, 2.75) is 19.3 Å². The van der Waals surface area contributed by atoms with E-state index >= 15 is 0 Å². The second-order valence-electron chi connectivity index (χ2n) is 12.1. The summed E-state index contributed by atoms with van der Waals surface area (Å²) in [5, 5.41) is 0. The van der Waals surface area contributed by atoms with Crippen LogP contribution in [0.15, 0.2) is 152 Å². The van der Waals surface area contributed by atoms with Gasteiger partial charge in [0.05, 0.1) is 0 Å². The van der Waals surface area contributed by atoms with E-state index in [0.717, 1.165) is 38.9 Å². The third-order valence-electron chi connectivity index (χ3n) is 8.91. The van der Waals surface area contributed by atoms with E-state index in [1.165, 1.54) is 22.3 Å². The van der Waals surface area contributed by atoms with Crippen LogP contribution in [-0.2, 0) is 5.41 Å². The predicted octanol–water partition coefficient (Wildman–Crippen LogP) is 10.5. The van der Waals surface area contributed by atoms with E-state index in [-0.39, 0.29) is 5.41 Å². The molecule has 0 aliphatic heterocycles. The minimum absolute atomic E-state index is 0.0599. The van der Waals surface area contributed by atoms with Gasteiger partial charge in [-0.2, -0.15) is 0 Å². The Bertz CT molecular complexity index is 2110. The van der Waals surface area contributed by atoms with E-state index in [1.54, 1.807) is 0 Å². The quantitative estimate of drug-likeness (QED) is 0.204. The summed E-state index contributed by atoms with van der Waals surface area (Å²) < 4.78 is 0. The average Bonchev–Trinajstić information content (AvgIpc) is 3.34. The molecule has 1 aliphatic rings. The van der Waals surface area contributed by atoms with Crippen LogP contribution in [0.5, 0.6) is 0 Å². The summed E-state index contributed by atoms with van der Waals surface area (Å²) in [6.45, 7) is 4.60. The number of hydrogen-bond donors (Lipinski definition) is 0. The SMILES string of the molecule is CC1(C)c2ccccc2-c2cc(-c3nc(-c4ccccc4)nc(-c4cc(-c5ccccc5)cc(-c5ccccc5)c4)n3)ccc21. The number of nitrogens with zero attached hydrogens (tertiary/aromatic N) is 3. The minimum Gasteiger partial charge on any atom is -0.208 e. The van der Waals surface area contributed by atoms with Gasteiger partial charge in [0.25, 0.3) is 0 Å². The van der Waals surface area contributed by atoms with Crippen molar-refractivity contribution in [2.75, 3.05) is 0 Å². The summed E-state index contributed by atoms with van der Waals surface area (Å²) in [5.41, 5.74) is 12.5. The van der Waals surface area contributed by atoms with Crippen molar-refractivity contribution in [1.82, 2.24) is 15.0 Å². The molecule has 0 N–H and O–H groups in total. The van der Waals surface area contributed by atoms with Crippen LogP contribution in [0.25, 0.3) is 67.5 Å². The van der Waals surface area contributed by atoms with Crippen molar-refractivity contribution in [3.8, 4) is 67.5 Å². The average molecular weight is 578 g/mol. The van der Waals surface area contributed by atoms with E-state index in [0.29, 0.717) is 17.5 Å². The van der Waals surface area contributed by atoms with E-state index < -0.39 is 0 Å². The van der Waals surface area contributed by atoms with Crippen LogP contribution in [0.2, 0.25) is 0 Å². The molecule has 1 aromatic heterocycles. The molecule has 214 valence electrons. The van der Waals surface area contributed by atoms with Crippen LogP contribution < -0.4 is 0 Å². The summed E-state index contributed by atoms with van der Waals surface area (Å²) >= 11 is 0. The predicted molar refractivity (Wildman–Crippen MR) is 185 cm³/mol. The number of aromatic nitrogens is 3. The molecule has 0 saturated heterocycles. The fourth-order valence-electron chi connectivity index (χ4n) is 6.56. The third-order valence-corrected chi connectivity index (χ3v) is 8.91. The van der Waals surface area contributed by atoms with Gasteiger partial charge in [0, 0.05) is 22.1 Å². The zero-order chi connectivity index (χ0) is 30.4. The molecule has 45 heavy (non-hydrogen) atoms. The van der Waals surface area contributed by atoms with Gasteiger partial charge in [-0.05, 0) is 68.8 Å². The van der Waals surface area contributed by atoms with Crippen LogP contribution >= 0.6 is 0 Å². The van der Waals surface area contributed by atoms with Crippen LogP contribution in [0, 0.1) is 0 Å². The molecular formula is C42H31N3. The molecule has 0 atom stereocenters. The lowest BCUT2D eigenvalue weighted by Crippen LogP contribution is -2.14. The van der Waals surface area contributed by atoms with Crippen LogP contribution in [0.4, 0.5) is 0 Å². The zero-order valence-electron chi connectivity index (χ0n) is 25.3. The molecule has 7 aromatic rings.